The standard InChI is InChI=1S/C9H16N4O/c1-6-3-7(6)4-11-9-13-12-8(14-9)5-10-2/h6-7,10H,3-5H2,1-2H3,(H,11,13). The molecule has 1 aliphatic rings. The van der Waals surface area contributed by atoms with Crippen LogP contribution in [-0.4, -0.2) is 23.8 Å². The molecule has 1 aromatic heterocycles. The topological polar surface area (TPSA) is 63.0 Å². The number of anilines is 1. The zero-order valence-electron chi connectivity index (χ0n) is 8.58. The number of rotatable bonds is 5. The Balaban J connectivity index is 1.78. The number of hydrogen-bond acceptors (Lipinski definition) is 5. The van der Waals surface area contributed by atoms with E-state index in [0.29, 0.717) is 18.5 Å². The summed E-state index contributed by atoms with van der Waals surface area (Å²) < 4.78 is 5.34. The number of nitrogens with zero attached hydrogens (tertiary/aromatic N) is 2. The highest BCUT2D eigenvalue weighted by molar-refractivity contribution is 5.17. The van der Waals surface area contributed by atoms with Crippen molar-refractivity contribution in [1.82, 2.24) is 15.5 Å². The van der Waals surface area contributed by atoms with Crippen LogP contribution in [0.3, 0.4) is 0 Å². The predicted octanol–water partition coefficient (Wildman–Crippen LogP) is 0.857. The van der Waals surface area contributed by atoms with E-state index >= 15 is 0 Å². The van der Waals surface area contributed by atoms with Crippen LogP contribution in [0, 0.1) is 11.8 Å². The molecule has 1 aliphatic carbocycles. The van der Waals surface area contributed by atoms with Crippen molar-refractivity contribution < 1.29 is 4.42 Å². The molecule has 1 heterocycles. The lowest BCUT2D eigenvalue weighted by atomic mass is 10.3. The number of nitrogens with one attached hydrogen (secondary N) is 2. The van der Waals surface area contributed by atoms with Crippen LogP contribution in [0.15, 0.2) is 4.42 Å². The van der Waals surface area contributed by atoms with Gasteiger partial charge in [0.1, 0.15) is 0 Å². The summed E-state index contributed by atoms with van der Waals surface area (Å²) >= 11 is 0. The summed E-state index contributed by atoms with van der Waals surface area (Å²) in [6, 6.07) is 0.536. The van der Waals surface area contributed by atoms with Crippen LogP contribution >= 0.6 is 0 Å². The molecule has 2 rings (SSSR count). The Morgan fingerprint density at radius 3 is 2.93 bits per heavy atom. The molecule has 0 bridgehead atoms. The fraction of sp³-hybridized carbons (Fsp3) is 0.778. The minimum Gasteiger partial charge on any atom is -0.407 e. The van der Waals surface area contributed by atoms with Gasteiger partial charge in [0.2, 0.25) is 5.89 Å². The van der Waals surface area contributed by atoms with Crippen molar-refractivity contribution in [3.05, 3.63) is 5.89 Å². The molecule has 0 amide bonds. The van der Waals surface area contributed by atoms with Crippen molar-refractivity contribution in [3.8, 4) is 0 Å². The van der Waals surface area contributed by atoms with Crippen molar-refractivity contribution in [2.45, 2.75) is 19.9 Å². The summed E-state index contributed by atoms with van der Waals surface area (Å²) in [5.74, 6) is 2.26. The summed E-state index contributed by atoms with van der Waals surface area (Å²) in [4.78, 5) is 0. The SMILES string of the molecule is CNCc1nnc(NCC2CC2C)o1. The summed E-state index contributed by atoms with van der Waals surface area (Å²) in [5.41, 5.74) is 0. The summed E-state index contributed by atoms with van der Waals surface area (Å²) in [6.07, 6.45) is 1.31. The molecule has 2 atom stereocenters. The van der Waals surface area contributed by atoms with Gasteiger partial charge in [-0.3, -0.25) is 0 Å². The van der Waals surface area contributed by atoms with Gasteiger partial charge in [0, 0.05) is 6.54 Å². The van der Waals surface area contributed by atoms with Gasteiger partial charge in [-0.2, -0.15) is 0 Å². The summed E-state index contributed by atoms with van der Waals surface area (Å²) in [5, 5.41) is 13.9. The smallest absolute Gasteiger partial charge is 0.315 e. The Hall–Kier alpha value is -1.10. The lowest BCUT2D eigenvalue weighted by molar-refractivity contribution is 0.488. The first-order valence-electron chi connectivity index (χ1n) is 5.00. The van der Waals surface area contributed by atoms with Crippen LogP contribution in [0.4, 0.5) is 6.01 Å². The van der Waals surface area contributed by atoms with E-state index in [0.717, 1.165) is 18.4 Å². The van der Waals surface area contributed by atoms with Crippen LogP contribution in [0.2, 0.25) is 0 Å². The third kappa shape index (κ3) is 2.23. The molecule has 0 spiro atoms. The molecule has 1 aromatic rings. The first-order valence-corrected chi connectivity index (χ1v) is 5.00. The van der Waals surface area contributed by atoms with Gasteiger partial charge in [-0.05, 0) is 25.3 Å². The third-order valence-corrected chi connectivity index (χ3v) is 2.59. The largest absolute Gasteiger partial charge is 0.407 e. The molecule has 5 nitrogen and oxygen atoms in total. The average Bonchev–Trinajstić information content (AvgIpc) is 2.69. The Labute approximate surface area is 83.3 Å². The molecule has 0 saturated heterocycles. The summed E-state index contributed by atoms with van der Waals surface area (Å²) in [7, 11) is 1.85. The van der Waals surface area contributed by atoms with E-state index in [-0.39, 0.29) is 0 Å². The maximum absolute atomic E-state index is 5.34. The van der Waals surface area contributed by atoms with E-state index in [9.17, 15) is 0 Å². The number of aromatic nitrogens is 2. The van der Waals surface area contributed by atoms with Gasteiger partial charge in [-0.25, -0.2) is 0 Å². The van der Waals surface area contributed by atoms with E-state index in [1.165, 1.54) is 6.42 Å². The van der Waals surface area contributed by atoms with Crippen LogP contribution in [0.1, 0.15) is 19.2 Å². The van der Waals surface area contributed by atoms with E-state index < -0.39 is 0 Å². The molecule has 0 aromatic carbocycles. The van der Waals surface area contributed by atoms with Gasteiger partial charge in [0.15, 0.2) is 0 Å². The molecule has 5 heteroatoms. The fourth-order valence-corrected chi connectivity index (χ4v) is 1.45. The molecule has 1 fully saturated rings. The second-order valence-electron chi connectivity index (χ2n) is 3.89. The van der Waals surface area contributed by atoms with Crippen LogP contribution < -0.4 is 10.6 Å². The van der Waals surface area contributed by atoms with Crippen molar-refractivity contribution in [2.24, 2.45) is 11.8 Å². The maximum atomic E-state index is 5.34. The first kappa shape index (κ1) is 9.45. The van der Waals surface area contributed by atoms with E-state index in [1.54, 1.807) is 0 Å². The van der Waals surface area contributed by atoms with Crippen molar-refractivity contribution in [3.63, 3.8) is 0 Å². The average molecular weight is 196 g/mol. The second kappa shape index (κ2) is 3.96. The van der Waals surface area contributed by atoms with Crippen molar-refractivity contribution in [1.29, 1.82) is 0 Å². The minimum absolute atomic E-state index is 0.536. The van der Waals surface area contributed by atoms with Gasteiger partial charge in [0.05, 0.1) is 6.54 Å². The van der Waals surface area contributed by atoms with Gasteiger partial charge < -0.3 is 15.1 Å². The maximum Gasteiger partial charge on any atom is 0.315 e. The highest BCUT2D eigenvalue weighted by atomic mass is 16.4. The fourth-order valence-electron chi connectivity index (χ4n) is 1.45. The van der Waals surface area contributed by atoms with E-state index in [2.05, 4.69) is 27.8 Å². The zero-order valence-corrected chi connectivity index (χ0v) is 8.58. The van der Waals surface area contributed by atoms with Gasteiger partial charge in [-0.15, -0.1) is 5.10 Å². The molecule has 78 valence electrons. The highest BCUT2D eigenvalue weighted by Gasteiger charge is 2.32. The van der Waals surface area contributed by atoms with E-state index in [4.69, 9.17) is 4.42 Å². The summed E-state index contributed by atoms with van der Waals surface area (Å²) in [6.45, 7) is 3.82. The Kier molecular flexibility index (Phi) is 2.67. The minimum atomic E-state index is 0.536. The number of hydrogen-bond donors (Lipinski definition) is 2. The molecule has 2 N–H and O–H groups in total. The molecule has 14 heavy (non-hydrogen) atoms. The van der Waals surface area contributed by atoms with E-state index in [1.807, 2.05) is 7.05 Å². The molecule has 2 unspecified atom stereocenters. The van der Waals surface area contributed by atoms with Crippen LogP contribution in [0.5, 0.6) is 0 Å². The van der Waals surface area contributed by atoms with Crippen molar-refractivity contribution >= 4 is 6.01 Å². The zero-order chi connectivity index (χ0) is 9.97. The molecular formula is C9H16N4O. The Morgan fingerprint density at radius 1 is 1.50 bits per heavy atom. The van der Waals surface area contributed by atoms with Gasteiger partial charge in [-0.1, -0.05) is 12.0 Å². The molecular weight excluding hydrogens is 180 g/mol. The molecule has 0 radical (unpaired) electrons. The third-order valence-electron chi connectivity index (χ3n) is 2.59. The Morgan fingerprint density at radius 2 is 2.29 bits per heavy atom. The van der Waals surface area contributed by atoms with Gasteiger partial charge >= 0.3 is 6.01 Å². The predicted molar refractivity (Wildman–Crippen MR) is 52.8 cm³/mol. The lowest BCUT2D eigenvalue weighted by Crippen LogP contribution is -2.05. The lowest BCUT2D eigenvalue weighted by Gasteiger charge is -1.97. The Bertz CT molecular complexity index is 299. The molecule has 1 saturated carbocycles. The first-order chi connectivity index (χ1) is 6.79. The monoisotopic (exact) mass is 196 g/mol. The highest BCUT2D eigenvalue weighted by Crippen LogP contribution is 2.37. The van der Waals surface area contributed by atoms with Crippen LogP contribution in [0.25, 0.3) is 0 Å². The molecule has 0 aliphatic heterocycles. The second-order valence-corrected chi connectivity index (χ2v) is 3.89. The quantitative estimate of drug-likeness (QED) is 0.731. The van der Waals surface area contributed by atoms with Gasteiger partial charge in [0.25, 0.3) is 0 Å². The van der Waals surface area contributed by atoms with Crippen LogP contribution in [-0.2, 0) is 6.54 Å². The van der Waals surface area contributed by atoms with Crippen molar-refractivity contribution in [2.75, 3.05) is 18.9 Å². The normalized spacial score (nSPS) is 25.0.